The molecule has 0 spiro atoms. The molecule has 2 aliphatic heterocycles. The second kappa shape index (κ2) is 51.8. The minimum absolute atomic E-state index is 0.260. The highest BCUT2D eigenvalue weighted by molar-refractivity contribution is 5.76. The number of aliphatic hydroxyl groups is 8. The zero-order chi connectivity index (χ0) is 59.5. The third-order valence-corrected chi connectivity index (χ3v) is 14.7. The molecule has 14 heteroatoms. The Morgan fingerprint density at radius 2 is 0.866 bits per heavy atom. The van der Waals surface area contributed by atoms with Crippen molar-refractivity contribution in [3.8, 4) is 0 Å². The van der Waals surface area contributed by atoms with Gasteiger partial charge in [-0.3, -0.25) is 4.79 Å². The third kappa shape index (κ3) is 36.3. The van der Waals surface area contributed by atoms with Crippen molar-refractivity contribution in [1.29, 1.82) is 0 Å². The summed E-state index contributed by atoms with van der Waals surface area (Å²) in [6.07, 6.45) is 58.8. The Hall–Kier alpha value is -3.61. The molecule has 12 unspecified atom stereocenters. The fraction of sp³-hybridized carbons (Fsp3) is 0.691. The first kappa shape index (κ1) is 74.5. The van der Waals surface area contributed by atoms with Crippen molar-refractivity contribution in [3.63, 3.8) is 0 Å². The van der Waals surface area contributed by atoms with Gasteiger partial charge in [0.05, 0.1) is 32.0 Å². The summed E-state index contributed by atoms with van der Waals surface area (Å²) >= 11 is 0. The summed E-state index contributed by atoms with van der Waals surface area (Å²) < 4.78 is 22.7. The molecule has 2 rings (SSSR count). The summed E-state index contributed by atoms with van der Waals surface area (Å²) in [6.45, 7) is 2.40. The first-order valence-electron chi connectivity index (χ1n) is 31.7. The molecule has 0 aromatic carbocycles. The van der Waals surface area contributed by atoms with Gasteiger partial charge in [-0.15, -0.1) is 0 Å². The molecule has 2 aliphatic rings. The number of nitrogens with one attached hydrogen (secondary N) is 1. The number of aliphatic hydroxyl groups excluding tert-OH is 8. The highest BCUT2D eigenvalue weighted by atomic mass is 16.7. The van der Waals surface area contributed by atoms with Crippen LogP contribution in [0.1, 0.15) is 206 Å². The van der Waals surface area contributed by atoms with E-state index in [9.17, 15) is 45.6 Å². The van der Waals surface area contributed by atoms with Crippen molar-refractivity contribution in [2.24, 2.45) is 0 Å². The van der Waals surface area contributed by atoms with E-state index in [1.165, 1.54) is 89.9 Å². The molecule has 0 aromatic rings. The number of unbranched alkanes of at least 4 members (excludes halogenated alkanes) is 19. The van der Waals surface area contributed by atoms with Gasteiger partial charge in [0.15, 0.2) is 12.6 Å². The summed E-state index contributed by atoms with van der Waals surface area (Å²) in [6, 6.07) is -0.941. The van der Waals surface area contributed by atoms with Gasteiger partial charge >= 0.3 is 0 Å². The molecule has 2 heterocycles. The summed E-state index contributed by atoms with van der Waals surface area (Å²) in [4.78, 5) is 13.2. The summed E-state index contributed by atoms with van der Waals surface area (Å²) in [5.74, 6) is -0.260. The number of amides is 1. The zero-order valence-electron chi connectivity index (χ0n) is 50.4. The molecule has 2 saturated heterocycles. The minimum atomic E-state index is -1.80. The fourth-order valence-corrected chi connectivity index (χ4v) is 9.66. The lowest BCUT2D eigenvalue weighted by Gasteiger charge is -2.46. The summed E-state index contributed by atoms with van der Waals surface area (Å²) in [5, 5.41) is 86.8. The van der Waals surface area contributed by atoms with E-state index in [-0.39, 0.29) is 18.9 Å². The van der Waals surface area contributed by atoms with Gasteiger partial charge in [0, 0.05) is 6.42 Å². The molecule has 0 aliphatic carbocycles. The largest absolute Gasteiger partial charge is 0.394 e. The van der Waals surface area contributed by atoms with Crippen LogP contribution in [-0.4, -0.2) is 140 Å². The van der Waals surface area contributed by atoms with E-state index in [2.05, 4.69) is 116 Å². The Morgan fingerprint density at radius 1 is 0.463 bits per heavy atom. The average Bonchev–Trinajstić information content (AvgIpc) is 3.24. The van der Waals surface area contributed by atoms with Crippen LogP contribution in [0.5, 0.6) is 0 Å². The molecule has 0 saturated carbocycles. The SMILES string of the molecule is C/C=C/CC/C=C/CC/C=C/C(O)C(COC1OC(CO)C(OC2OC(CO)C(O)C(O)C2O)C(O)C1O)NC(=O)CCCCCCCCCCCCCCCCCCC/C=C\C/C=C\C/C=C\C/C=C\C/C=C\C/C=C\C/C=C\CC. The van der Waals surface area contributed by atoms with Gasteiger partial charge in [-0.1, -0.05) is 225 Å². The molecule has 9 N–H and O–H groups in total. The Labute approximate surface area is 495 Å². The van der Waals surface area contributed by atoms with E-state index < -0.39 is 86.8 Å². The predicted octanol–water partition coefficient (Wildman–Crippen LogP) is 11.8. The maximum Gasteiger partial charge on any atom is 0.220 e. The third-order valence-electron chi connectivity index (χ3n) is 14.7. The monoisotopic (exact) mass is 1150 g/mol. The molecule has 14 nitrogen and oxygen atoms in total. The number of hydrogen-bond donors (Lipinski definition) is 9. The first-order valence-corrected chi connectivity index (χ1v) is 31.7. The average molecular weight is 1150 g/mol. The number of carbonyl (C=O) groups excluding carboxylic acids is 1. The van der Waals surface area contributed by atoms with E-state index in [4.69, 9.17) is 18.9 Å². The van der Waals surface area contributed by atoms with E-state index >= 15 is 0 Å². The van der Waals surface area contributed by atoms with Crippen molar-refractivity contribution in [2.75, 3.05) is 19.8 Å². The van der Waals surface area contributed by atoms with Gasteiger partial charge < -0.3 is 65.1 Å². The van der Waals surface area contributed by atoms with Crippen molar-refractivity contribution in [2.45, 2.75) is 280 Å². The Morgan fingerprint density at radius 3 is 1.34 bits per heavy atom. The van der Waals surface area contributed by atoms with Gasteiger partial charge in [0.25, 0.3) is 0 Å². The molecular weight excluding hydrogens is 1040 g/mol. The van der Waals surface area contributed by atoms with Crippen LogP contribution in [0.25, 0.3) is 0 Å². The van der Waals surface area contributed by atoms with E-state index in [0.29, 0.717) is 12.8 Å². The van der Waals surface area contributed by atoms with Crippen molar-refractivity contribution >= 4 is 5.91 Å². The van der Waals surface area contributed by atoms with Crippen LogP contribution in [0.15, 0.2) is 122 Å². The van der Waals surface area contributed by atoms with Gasteiger partial charge in [-0.05, 0) is 96.8 Å². The molecule has 82 heavy (non-hydrogen) atoms. The summed E-state index contributed by atoms with van der Waals surface area (Å²) in [5.41, 5.74) is 0. The van der Waals surface area contributed by atoms with Crippen LogP contribution in [0.3, 0.4) is 0 Å². The molecule has 0 radical (unpaired) electrons. The second-order valence-corrected chi connectivity index (χ2v) is 21.8. The lowest BCUT2D eigenvalue weighted by atomic mass is 9.97. The Bertz CT molecular complexity index is 1840. The standard InChI is InChI=1S/C68H113NO13/c1-3-5-7-9-11-13-14-15-16-17-18-19-20-21-22-23-24-25-26-27-28-29-30-31-32-33-34-35-36-37-38-39-40-41-42-44-46-48-50-52-60(73)69-56(57(72)51-49-47-45-43-12-10-8-6-4-2)55-79-67-65(78)63(76)66(59(54-71)81-67)82-68-64(77)62(75)61(74)58(53-70)80-68/h4-7,11-13,15-16,18-19,21-22,24-25,27-28,43,49,51,56-59,61-68,70-72,74-78H,3,8-10,14,17,20,23,26,29-42,44-48,50,52-55H2,1-2H3,(H,69,73)/b6-4+,7-5-,13-11-,16-15-,19-18-,22-21-,25-24-,28-27-,43-12+,51-49+. The van der Waals surface area contributed by atoms with Crippen molar-refractivity contribution in [3.05, 3.63) is 122 Å². The van der Waals surface area contributed by atoms with E-state index in [0.717, 1.165) is 83.5 Å². The van der Waals surface area contributed by atoms with Crippen LogP contribution in [0.4, 0.5) is 0 Å². The maximum atomic E-state index is 13.2. The fourth-order valence-electron chi connectivity index (χ4n) is 9.66. The van der Waals surface area contributed by atoms with Crippen LogP contribution in [-0.2, 0) is 23.7 Å². The topological polar surface area (TPSA) is 228 Å². The molecule has 12 atom stereocenters. The molecule has 1 amide bonds. The van der Waals surface area contributed by atoms with Gasteiger partial charge in [-0.2, -0.15) is 0 Å². The predicted molar refractivity (Wildman–Crippen MR) is 332 cm³/mol. The smallest absolute Gasteiger partial charge is 0.220 e. The summed E-state index contributed by atoms with van der Waals surface area (Å²) in [7, 11) is 0. The number of allylic oxidation sites excluding steroid dienone is 19. The Kier molecular flexibility index (Phi) is 47.0. The van der Waals surface area contributed by atoms with Crippen molar-refractivity contribution in [1.82, 2.24) is 5.32 Å². The normalized spacial score (nSPS) is 24.8. The van der Waals surface area contributed by atoms with Gasteiger partial charge in [0.1, 0.15) is 48.8 Å². The lowest BCUT2D eigenvalue weighted by molar-refractivity contribution is -0.359. The second-order valence-electron chi connectivity index (χ2n) is 21.8. The zero-order valence-corrected chi connectivity index (χ0v) is 50.4. The van der Waals surface area contributed by atoms with Crippen LogP contribution >= 0.6 is 0 Å². The molecular formula is C68H113NO13. The number of carbonyl (C=O) groups is 1. The van der Waals surface area contributed by atoms with Crippen molar-refractivity contribution < 1.29 is 64.6 Å². The first-order chi connectivity index (χ1) is 40.1. The van der Waals surface area contributed by atoms with E-state index in [1.807, 2.05) is 19.1 Å². The molecule has 468 valence electrons. The molecule has 0 bridgehead atoms. The quantitative estimate of drug-likeness (QED) is 0.0204. The Balaban J connectivity index is 1.56. The molecule has 2 fully saturated rings. The van der Waals surface area contributed by atoms with Gasteiger partial charge in [0.2, 0.25) is 5.91 Å². The van der Waals surface area contributed by atoms with Crippen LogP contribution in [0, 0.1) is 0 Å². The highest BCUT2D eigenvalue weighted by Gasteiger charge is 2.51. The maximum absolute atomic E-state index is 13.2. The molecule has 0 aromatic heterocycles. The lowest BCUT2D eigenvalue weighted by Crippen LogP contribution is -2.65. The van der Waals surface area contributed by atoms with Gasteiger partial charge in [-0.25, -0.2) is 0 Å². The van der Waals surface area contributed by atoms with Crippen LogP contribution in [0.2, 0.25) is 0 Å². The number of hydrogen-bond acceptors (Lipinski definition) is 13. The minimum Gasteiger partial charge on any atom is -0.394 e. The highest BCUT2D eigenvalue weighted by Crippen LogP contribution is 2.30. The number of rotatable bonds is 49. The van der Waals surface area contributed by atoms with Crippen LogP contribution < -0.4 is 5.32 Å². The number of ether oxygens (including phenoxy) is 4. The van der Waals surface area contributed by atoms with E-state index in [1.54, 1.807) is 6.08 Å².